The summed E-state index contributed by atoms with van der Waals surface area (Å²) >= 11 is 6.22. The molecule has 132 valence electrons. The van der Waals surface area contributed by atoms with Crippen molar-refractivity contribution in [1.82, 2.24) is 9.88 Å². The Morgan fingerprint density at radius 2 is 1.88 bits per heavy atom. The first-order valence-corrected chi connectivity index (χ1v) is 8.51. The lowest BCUT2D eigenvalue weighted by molar-refractivity contribution is -0.139. The van der Waals surface area contributed by atoms with E-state index in [1.54, 1.807) is 6.20 Å². The summed E-state index contributed by atoms with van der Waals surface area (Å²) in [5, 5.41) is 9.31. The van der Waals surface area contributed by atoms with Gasteiger partial charge in [0.1, 0.15) is 11.6 Å². The Balaban J connectivity index is 1.50. The number of carboxylic acids is 1. The van der Waals surface area contributed by atoms with Crippen molar-refractivity contribution in [2.45, 2.75) is 6.54 Å². The zero-order valence-electron chi connectivity index (χ0n) is 13.8. The number of carbonyl (C=O) groups is 1. The molecule has 1 aliphatic heterocycles. The third-order valence-electron chi connectivity index (χ3n) is 4.10. The van der Waals surface area contributed by atoms with Crippen LogP contribution in [0, 0.1) is 0 Å². The number of hydrogen-bond acceptors (Lipinski definition) is 5. The first-order chi connectivity index (χ1) is 12.1. The molecule has 0 unspecified atom stereocenters. The van der Waals surface area contributed by atoms with Crippen molar-refractivity contribution in [1.29, 1.82) is 0 Å². The number of benzene rings is 1. The number of ether oxygens (including phenoxy) is 1. The van der Waals surface area contributed by atoms with Gasteiger partial charge >= 0.3 is 5.97 Å². The van der Waals surface area contributed by atoms with E-state index in [2.05, 4.69) is 14.8 Å². The van der Waals surface area contributed by atoms with E-state index in [0.29, 0.717) is 10.8 Å². The molecule has 0 atom stereocenters. The minimum atomic E-state index is -0.977. The molecule has 0 spiro atoms. The number of nitrogens with zero attached hydrogens (tertiary/aromatic N) is 3. The molecule has 2 aromatic rings. The van der Waals surface area contributed by atoms with Gasteiger partial charge in [-0.2, -0.15) is 0 Å². The van der Waals surface area contributed by atoms with Gasteiger partial charge in [-0.15, -0.1) is 0 Å². The first-order valence-electron chi connectivity index (χ1n) is 8.13. The van der Waals surface area contributed by atoms with Gasteiger partial charge in [0.25, 0.3) is 0 Å². The van der Waals surface area contributed by atoms with Crippen molar-refractivity contribution < 1.29 is 14.6 Å². The maximum Gasteiger partial charge on any atom is 0.341 e. The van der Waals surface area contributed by atoms with Crippen molar-refractivity contribution in [2.24, 2.45) is 0 Å². The molecule has 1 N–H and O–H groups in total. The lowest BCUT2D eigenvalue weighted by Crippen LogP contribution is -2.46. The number of rotatable bonds is 6. The fraction of sp³-hybridized carbons (Fsp3) is 0.333. The second kappa shape index (κ2) is 8.18. The first kappa shape index (κ1) is 17.5. The normalized spacial score (nSPS) is 15.2. The predicted octanol–water partition coefficient (Wildman–Crippen LogP) is 2.52. The molecule has 6 nitrogen and oxygen atoms in total. The maximum atomic E-state index is 10.5. The Morgan fingerprint density at radius 1 is 1.16 bits per heavy atom. The molecule has 1 fully saturated rings. The van der Waals surface area contributed by atoms with Crippen molar-refractivity contribution in [2.75, 3.05) is 37.7 Å². The van der Waals surface area contributed by atoms with Crippen LogP contribution >= 0.6 is 11.6 Å². The Labute approximate surface area is 151 Å². The number of carboxylic acid groups (broad SMARTS) is 1. The molecule has 0 bridgehead atoms. The van der Waals surface area contributed by atoms with Crippen LogP contribution < -0.4 is 9.64 Å². The lowest BCUT2D eigenvalue weighted by atomic mass is 10.2. The van der Waals surface area contributed by atoms with Crippen LogP contribution in [0.15, 0.2) is 42.6 Å². The van der Waals surface area contributed by atoms with Crippen LogP contribution in [0.5, 0.6) is 5.75 Å². The van der Waals surface area contributed by atoms with Crippen molar-refractivity contribution in [3.8, 4) is 5.75 Å². The van der Waals surface area contributed by atoms with Crippen molar-refractivity contribution in [3.05, 3.63) is 53.2 Å². The molecule has 1 aromatic heterocycles. The second-order valence-electron chi connectivity index (χ2n) is 5.90. The quantitative estimate of drug-likeness (QED) is 0.852. The second-order valence-corrected chi connectivity index (χ2v) is 6.31. The highest BCUT2D eigenvalue weighted by atomic mass is 35.5. The maximum absolute atomic E-state index is 10.5. The van der Waals surface area contributed by atoms with Gasteiger partial charge < -0.3 is 14.7 Å². The van der Waals surface area contributed by atoms with Crippen LogP contribution in [0.25, 0.3) is 0 Å². The van der Waals surface area contributed by atoms with Crippen LogP contribution in [-0.2, 0) is 11.3 Å². The van der Waals surface area contributed by atoms with E-state index in [9.17, 15) is 4.79 Å². The smallest absolute Gasteiger partial charge is 0.341 e. The largest absolute Gasteiger partial charge is 0.482 e. The zero-order valence-corrected chi connectivity index (χ0v) is 14.5. The number of aromatic nitrogens is 1. The van der Waals surface area contributed by atoms with E-state index in [4.69, 9.17) is 21.4 Å². The molecule has 0 amide bonds. The highest BCUT2D eigenvalue weighted by Crippen LogP contribution is 2.23. The van der Waals surface area contributed by atoms with Crippen LogP contribution in [-0.4, -0.2) is 53.7 Å². The van der Waals surface area contributed by atoms with Gasteiger partial charge in [0.05, 0.1) is 5.02 Å². The van der Waals surface area contributed by atoms with Gasteiger partial charge in [0.15, 0.2) is 6.61 Å². The van der Waals surface area contributed by atoms with E-state index in [1.807, 2.05) is 36.4 Å². The Hall–Kier alpha value is -2.31. The predicted molar refractivity (Wildman–Crippen MR) is 96.3 cm³/mol. The molecule has 0 radical (unpaired) electrons. The number of halogens is 1. The average molecular weight is 362 g/mol. The molecule has 0 aliphatic carbocycles. The van der Waals surface area contributed by atoms with Gasteiger partial charge in [-0.1, -0.05) is 23.7 Å². The van der Waals surface area contributed by atoms with Gasteiger partial charge in [-0.3, -0.25) is 4.90 Å². The summed E-state index contributed by atoms with van der Waals surface area (Å²) in [5.41, 5.74) is 1.17. The molecule has 1 aliphatic rings. The highest BCUT2D eigenvalue weighted by Gasteiger charge is 2.19. The lowest BCUT2D eigenvalue weighted by Gasteiger charge is -2.35. The SMILES string of the molecule is O=C(O)COc1ccc(CN2CCN(c3ncccc3Cl)CC2)cc1. The van der Waals surface area contributed by atoms with Gasteiger partial charge in [0.2, 0.25) is 0 Å². The Bertz CT molecular complexity index is 716. The van der Waals surface area contributed by atoms with E-state index in [1.165, 1.54) is 5.56 Å². The molecule has 1 aromatic carbocycles. The zero-order chi connectivity index (χ0) is 17.6. The number of anilines is 1. The number of aliphatic carboxylic acids is 1. The Kier molecular flexibility index (Phi) is 5.73. The van der Waals surface area contributed by atoms with Gasteiger partial charge in [-0.25, -0.2) is 9.78 Å². The monoisotopic (exact) mass is 361 g/mol. The molecule has 3 rings (SSSR count). The summed E-state index contributed by atoms with van der Waals surface area (Å²) < 4.78 is 5.15. The third-order valence-corrected chi connectivity index (χ3v) is 4.40. The van der Waals surface area contributed by atoms with E-state index in [-0.39, 0.29) is 6.61 Å². The molecule has 1 saturated heterocycles. The fourth-order valence-corrected chi connectivity index (χ4v) is 3.06. The van der Waals surface area contributed by atoms with Crippen LogP contribution in [0.2, 0.25) is 5.02 Å². The average Bonchev–Trinajstić information content (AvgIpc) is 2.62. The summed E-state index contributed by atoms with van der Waals surface area (Å²) in [6, 6.07) is 11.3. The number of pyridine rings is 1. The molecule has 0 saturated carbocycles. The minimum absolute atomic E-state index is 0.322. The minimum Gasteiger partial charge on any atom is -0.482 e. The molecule has 25 heavy (non-hydrogen) atoms. The summed E-state index contributed by atoms with van der Waals surface area (Å²) in [4.78, 5) is 19.5. The fourth-order valence-electron chi connectivity index (χ4n) is 2.82. The Morgan fingerprint density at radius 3 is 2.52 bits per heavy atom. The van der Waals surface area contributed by atoms with E-state index < -0.39 is 5.97 Å². The van der Waals surface area contributed by atoms with Crippen molar-refractivity contribution in [3.63, 3.8) is 0 Å². The molecule has 2 heterocycles. The number of piperazine rings is 1. The van der Waals surface area contributed by atoms with Crippen molar-refractivity contribution >= 4 is 23.4 Å². The van der Waals surface area contributed by atoms with Gasteiger partial charge in [-0.05, 0) is 29.8 Å². The summed E-state index contributed by atoms with van der Waals surface area (Å²) in [5.74, 6) is 0.444. The van der Waals surface area contributed by atoms with Crippen LogP contribution in [0.4, 0.5) is 5.82 Å². The topological polar surface area (TPSA) is 65.9 Å². The molecular weight excluding hydrogens is 342 g/mol. The summed E-state index contributed by atoms with van der Waals surface area (Å²) in [7, 11) is 0. The third kappa shape index (κ3) is 4.84. The summed E-state index contributed by atoms with van der Waals surface area (Å²) in [6.45, 7) is 4.17. The van der Waals surface area contributed by atoms with Crippen LogP contribution in [0.1, 0.15) is 5.56 Å². The molecule has 7 heteroatoms. The molecular formula is C18H20ClN3O3. The van der Waals surface area contributed by atoms with E-state index in [0.717, 1.165) is 38.5 Å². The van der Waals surface area contributed by atoms with Gasteiger partial charge in [0, 0.05) is 38.9 Å². The van der Waals surface area contributed by atoms with E-state index >= 15 is 0 Å². The summed E-state index contributed by atoms with van der Waals surface area (Å²) in [6.07, 6.45) is 1.77. The number of hydrogen-bond donors (Lipinski definition) is 1. The van der Waals surface area contributed by atoms with Crippen LogP contribution in [0.3, 0.4) is 0 Å². The standard InChI is InChI=1S/C18H20ClN3O3/c19-16-2-1-7-20-18(16)22-10-8-21(9-11-22)12-14-3-5-15(6-4-14)25-13-17(23)24/h1-7H,8-13H2,(H,23,24). The highest BCUT2D eigenvalue weighted by molar-refractivity contribution is 6.32.